The van der Waals surface area contributed by atoms with E-state index in [1.165, 1.54) is 23.9 Å². The average Bonchev–Trinajstić information content (AvgIpc) is 3.20. The van der Waals surface area contributed by atoms with Crippen LogP contribution in [-0.2, 0) is 11.4 Å². The lowest BCUT2D eigenvalue weighted by Crippen LogP contribution is -2.19. The molecule has 1 heterocycles. The van der Waals surface area contributed by atoms with E-state index < -0.39 is 5.97 Å². The highest BCUT2D eigenvalue weighted by molar-refractivity contribution is 9.10. The lowest BCUT2D eigenvalue weighted by atomic mass is 10.1. The van der Waals surface area contributed by atoms with E-state index in [4.69, 9.17) is 37.8 Å². The molecule has 1 fully saturated rings. The molecule has 0 unspecified atom stereocenters. The van der Waals surface area contributed by atoms with Gasteiger partial charge in [0, 0.05) is 0 Å². The van der Waals surface area contributed by atoms with Crippen LogP contribution in [-0.4, -0.2) is 28.8 Å². The number of amides is 1. The molecule has 0 aromatic heterocycles. The molecule has 0 bridgehead atoms. The van der Waals surface area contributed by atoms with Gasteiger partial charge in [0.15, 0.2) is 16.7 Å². The first-order valence-corrected chi connectivity index (χ1v) is 13.3. The molecule has 0 radical (unpaired) electrons. The topological polar surface area (TPSA) is 97.2 Å². The lowest BCUT2D eigenvalue weighted by molar-refractivity contribution is -0.115. The number of aliphatic imine (C=N–C) groups is 1. The number of thioether (sulfide) groups is 1. The van der Waals surface area contributed by atoms with Gasteiger partial charge in [0.2, 0.25) is 0 Å². The Balaban J connectivity index is 1.55. The molecule has 1 saturated heterocycles. The minimum absolute atomic E-state index is 0.204. The fourth-order valence-electron chi connectivity index (χ4n) is 3.29. The summed E-state index contributed by atoms with van der Waals surface area (Å²) in [6, 6.07) is 15.1. The van der Waals surface area contributed by atoms with Crippen molar-refractivity contribution in [1.29, 1.82) is 0 Å². The van der Waals surface area contributed by atoms with E-state index in [2.05, 4.69) is 26.2 Å². The van der Waals surface area contributed by atoms with Gasteiger partial charge in [0.05, 0.1) is 37.3 Å². The summed E-state index contributed by atoms with van der Waals surface area (Å²) in [6.07, 6.45) is 1.73. The summed E-state index contributed by atoms with van der Waals surface area (Å²) < 4.78 is 12.4. The van der Waals surface area contributed by atoms with Crippen LogP contribution in [0.3, 0.4) is 0 Å². The highest BCUT2D eigenvalue weighted by Gasteiger charge is 2.25. The highest BCUT2D eigenvalue weighted by atomic mass is 79.9. The van der Waals surface area contributed by atoms with Crippen molar-refractivity contribution in [2.75, 3.05) is 6.61 Å². The molecule has 3 aromatic rings. The Bertz CT molecular complexity index is 1430. The molecule has 37 heavy (non-hydrogen) atoms. The molecule has 1 aliphatic rings. The number of nitrogens with one attached hydrogen (secondary N) is 1. The zero-order valence-electron chi connectivity index (χ0n) is 19.3. The molecule has 1 amide bonds. The first-order chi connectivity index (χ1) is 17.7. The first kappa shape index (κ1) is 27.1. The fraction of sp³-hybridized carbons (Fsp3) is 0.115. The van der Waals surface area contributed by atoms with Crippen LogP contribution in [0.4, 0.5) is 5.69 Å². The maximum absolute atomic E-state index is 12.6. The van der Waals surface area contributed by atoms with Gasteiger partial charge in [-0.3, -0.25) is 4.79 Å². The molecule has 0 atom stereocenters. The Morgan fingerprint density at radius 2 is 1.92 bits per heavy atom. The number of halogens is 3. The monoisotopic (exact) mass is 620 g/mol. The van der Waals surface area contributed by atoms with Gasteiger partial charge in [-0.2, -0.15) is 0 Å². The molecule has 190 valence electrons. The second-order valence-corrected chi connectivity index (χ2v) is 10.3. The first-order valence-electron chi connectivity index (χ1n) is 10.9. The number of aromatic carboxylic acids is 1. The number of carboxylic acids is 1. The lowest BCUT2D eigenvalue weighted by Gasteiger charge is -2.15. The summed E-state index contributed by atoms with van der Waals surface area (Å²) in [5.74, 6) is -0.290. The van der Waals surface area contributed by atoms with Crippen LogP contribution in [0, 0.1) is 0 Å². The van der Waals surface area contributed by atoms with E-state index >= 15 is 0 Å². The quantitative estimate of drug-likeness (QED) is 0.256. The number of benzene rings is 3. The van der Waals surface area contributed by atoms with Gasteiger partial charge in [-0.25, -0.2) is 9.79 Å². The van der Waals surface area contributed by atoms with Gasteiger partial charge in [-0.15, -0.1) is 0 Å². The van der Waals surface area contributed by atoms with Crippen LogP contribution in [0.1, 0.15) is 28.4 Å². The van der Waals surface area contributed by atoms with Gasteiger partial charge in [-0.05, 0) is 88.2 Å². The number of amidine groups is 1. The molecule has 0 aliphatic carbocycles. The smallest absolute Gasteiger partial charge is 0.335 e. The predicted molar refractivity (Wildman–Crippen MR) is 150 cm³/mol. The van der Waals surface area contributed by atoms with Gasteiger partial charge >= 0.3 is 5.97 Å². The molecule has 1 aliphatic heterocycles. The Morgan fingerprint density at radius 1 is 1.16 bits per heavy atom. The number of hydrogen-bond donors (Lipinski definition) is 2. The maximum Gasteiger partial charge on any atom is 0.335 e. The van der Waals surface area contributed by atoms with Crippen molar-refractivity contribution in [3.8, 4) is 11.5 Å². The van der Waals surface area contributed by atoms with Crippen molar-refractivity contribution in [2.45, 2.75) is 13.5 Å². The number of carbonyl (C=O) groups is 2. The normalized spacial score (nSPS) is 15.2. The standard InChI is InChI=1S/C26H19BrCl2N2O5S/c1-2-35-20-11-15(10-17(27)23(20)36-13-14-6-8-16(9-7-14)25(33)34)12-21-24(32)31-26(37-21)30-19-5-3-4-18(28)22(19)29/h3-12H,2,13H2,1H3,(H,33,34)(H,30,31,32)/b21-12+. The van der Waals surface area contributed by atoms with E-state index in [-0.39, 0.29) is 18.1 Å². The van der Waals surface area contributed by atoms with Crippen molar-refractivity contribution in [2.24, 2.45) is 4.99 Å². The van der Waals surface area contributed by atoms with Gasteiger partial charge in [0.1, 0.15) is 6.61 Å². The van der Waals surface area contributed by atoms with Crippen LogP contribution in [0.5, 0.6) is 11.5 Å². The minimum atomic E-state index is -0.987. The van der Waals surface area contributed by atoms with E-state index in [0.29, 0.717) is 53.9 Å². The number of carbonyl (C=O) groups excluding carboxylic acids is 1. The summed E-state index contributed by atoms with van der Waals surface area (Å²) in [5, 5.41) is 12.9. The zero-order valence-corrected chi connectivity index (χ0v) is 23.2. The average molecular weight is 622 g/mol. The van der Waals surface area contributed by atoms with E-state index in [1.54, 1.807) is 42.5 Å². The number of rotatable bonds is 8. The van der Waals surface area contributed by atoms with E-state index in [9.17, 15) is 9.59 Å². The number of hydrogen-bond acceptors (Lipinski definition) is 6. The Kier molecular flexibility index (Phi) is 8.81. The molecule has 4 rings (SSSR count). The third kappa shape index (κ3) is 6.67. The van der Waals surface area contributed by atoms with Crippen LogP contribution in [0.2, 0.25) is 10.0 Å². The van der Waals surface area contributed by atoms with Crippen molar-refractivity contribution < 1.29 is 24.2 Å². The summed E-state index contributed by atoms with van der Waals surface area (Å²) in [7, 11) is 0. The molecule has 11 heteroatoms. The predicted octanol–water partition coefficient (Wildman–Crippen LogP) is 7.32. The zero-order chi connectivity index (χ0) is 26.5. The molecule has 7 nitrogen and oxygen atoms in total. The molecular formula is C26H19BrCl2N2O5S. The van der Waals surface area contributed by atoms with E-state index in [0.717, 1.165) is 5.56 Å². The highest BCUT2D eigenvalue weighted by Crippen LogP contribution is 2.39. The summed E-state index contributed by atoms with van der Waals surface area (Å²) in [5.41, 5.74) is 2.18. The van der Waals surface area contributed by atoms with Gasteiger partial charge in [-0.1, -0.05) is 41.4 Å². The van der Waals surface area contributed by atoms with Crippen molar-refractivity contribution in [3.05, 3.63) is 90.7 Å². The van der Waals surface area contributed by atoms with Gasteiger partial charge < -0.3 is 19.9 Å². The Morgan fingerprint density at radius 3 is 2.62 bits per heavy atom. The SMILES string of the molecule is CCOc1cc(/C=C2/SC(=Nc3cccc(Cl)c3Cl)NC2=O)cc(Br)c1OCc1ccc(C(=O)O)cc1. The number of ether oxygens (including phenoxy) is 2. The molecule has 0 saturated carbocycles. The third-order valence-corrected chi connectivity index (χ3v) is 7.33. The minimum Gasteiger partial charge on any atom is -0.490 e. The summed E-state index contributed by atoms with van der Waals surface area (Å²) in [6.45, 7) is 2.48. The van der Waals surface area contributed by atoms with Crippen LogP contribution < -0.4 is 14.8 Å². The van der Waals surface area contributed by atoms with Crippen molar-refractivity contribution in [3.63, 3.8) is 0 Å². The summed E-state index contributed by atoms with van der Waals surface area (Å²) >= 11 is 17.0. The molecular weight excluding hydrogens is 603 g/mol. The van der Waals surface area contributed by atoms with Crippen molar-refractivity contribution >= 4 is 79.7 Å². The molecule has 2 N–H and O–H groups in total. The van der Waals surface area contributed by atoms with Crippen molar-refractivity contribution in [1.82, 2.24) is 5.32 Å². The van der Waals surface area contributed by atoms with Crippen LogP contribution >= 0.6 is 50.9 Å². The van der Waals surface area contributed by atoms with Crippen LogP contribution in [0.15, 0.2) is 69.0 Å². The summed E-state index contributed by atoms with van der Waals surface area (Å²) in [4.78, 5) is 28.5. The Labute approximate surface area is 235 Å². The number of carboxylic acid groups (broad SMARTS) is 1. The Hall–Kier alpha value is -2.98. The van der Waals surface area contributed by atoms with Gasteiger partial charge in [0.25, 0.3) is 5.91 Å². The molecule has 3 aromatic carbocycles. The molecule has 0 spiro atoms. The van der Waals surface area contributed by atoms with E-state index in [1.807, 2.05) is 13.0 Å². The third-order valence-electron chi connectivity index (χ3n) is 5.02. The second kappa shape index (κ2) is 12.0. The maximum atomic E-state index is 12.6. The largest absolute Gasteiger partial charge is 0.490 e. The fourth-order valence-corrected chi connectivity index (χ4v) is 5.04. The number of nitrogens with zero attached hydrogens (tertiary/aromatic N) is 1. The second-order valence-electron chi connectivity index (χ2n) is 7.61. The van der Waals surface area contributed by atoms with Crippen LogP contribution in [0.25, 0.3) is 6.08 Å².